The van der Waals surface area contributed by atoms with E-state index in [0.717, 1.165) is 5.56 Å². The van der Waals surface area contributed by atoms with E-state index >= 15 is 0 Å². The highest BCUT2D eigenvalue weighted by atomic mass is 32.2. The van der Waals surface area contributed by atoms with Crippen molar-refractivity contribution < 1.29 is 8.42 Å². The van der Waals surface area contributed by atoms with Crippen LogP contribution >= 0.6 is 11.3 Å². The molecular weight excluding hydrogens is 306 g/mol. The van der Waals surface area contributed by atoms with Crippen molar-refractivity contribution >= 4 is 27.0 Å². The number of aryl methyl sites for hydroxylation is 2. The average molecular weight is 325 g/mol. The van der Waals surface area contributed by atoms with E-state index in [1.165, 1.54) is 0 Å². The van der Waals surface area contributed by atoms with Crippen molar-refractivity contribution in [2.75, 3.05) is 12.0 Å². The standard InChI is InChI=1S/C14H19N3O2S2/c1-10-7-13(17-15)8-11(2)14(10)21(18,19)16-5-3-12-4-6-20-9-12/h4,6-9,16-17H,3,5,15H2,1-2H3. The summed E-state index contributed by atoms with van der Waals surface area (Å²) in [6, 6.07) is 5.44. The number of anilines is 1. The number of hydrogen-bond donors (Lipinski definition) is 3. The van der Waals surface area contributed by atoms with Gasteiger partial charge in [-0.2, -0.15) is 11.3 Å². The Bertz CT molecular complexity index is 687. The summed E-state index contributed by atoms with van der Waals surface area (Å²) < 4.78 is 27.5. The molecule has 4 N–H and O–H groups in total. The second-order valence-electron chi connectivity index (χ2n) is 4.86. The largest absolute Gasteiger partial charge is 0.324 e. The second-order valence-corrected chi connectivity index (χ2v) is 7.35. The molecule has 7 heteroatoms. The molecule has 0 saturated carbocycles. The van der Waals surface area contributed by atoms with E-state index in [4.69, 9.17) is 5.84 Å². The molecule has 1 aromatic heterocycles. The number of sulfonamides is 1. The highest BCUT2D eigenvalue weighted by Gasteiger charge is 2.19. The van der Waals surface area contributed by atoms with Gasteiger partial charge in [-0.05, 0) is 65.9 Å². The molecule has 21 heavy (non-hydrogen) atoms. The number of nitrogens with one attached hydrogen (secondary N) is 2. The van der Waals surface area contributed by atoms with Crippen molar-refractivity contribution in [1.82, 2.24) is 4.72 Å². The van der Waals surface area contributed by atoms with Gasteiger partial charge in [-0.25, -0.2) is 13.1 Å². The third-order valence-corrected chi connectivity index (χ3v) is 5.68. The summed E-state index contributed by atoms with van der Waals surface area (Å²) in [7, 11) is -3.52. The van der Waals surface area contributed by atoms with Gasteiger partial charge in [-0.15, -0.1) is 0 Å². The Morgan fingerprint density at radius 2 is 1.90 bits per heavy atom. The van der Waals surface area contributed by atoms with Crippen molar-refractivity contribution in [3.8, 4) is 0 Å². The molecule has 0 bridgehead atoms. The first-order valence-electron chi connectivity index (χ1n) is 6.52. The lowest BCUT2D eigenvalue weighted by Gasteiger charge is -2.13. The Labute approximate surface area is 129 Å². The summed E-state index contributed by atoms with van der Waals surface area (Å²) in [4.78, 5) is 0.326. The highest BCUT2D eigenvalue weighted by Crippen LogP contribution is 2.23. The Kier molecular flexibility index (Phi) is 5.00. The number of rotatable bonds is 6. The topological polar surface area (TPSA) is 84.2 Å². The monoisotopic (exact) mass is 325 g/mol. The quantitative estimate of drug-likeness (QED) is 0.561. The molecule has 0 spiro atoms. The highest BCUT2D eigenvalue weighted by molar-refractivity contribution is 7.89. The van der Waals surface area contributed by atoms with Crippen molar-refractivity contribution in [2.24, 2.45) is 5.84 Å². The summed E-state index contributed by atoms with van der Waals surface area (Å²) in [5.41, 5.74) is 5.71. The van der Waals surface area contributed by atoms with Crippen LogP contribution in [0.5, 0.6) is 0 Å². The summed E-state index contributed by atoms with van der Waals surface area (Å²) in [6.07, 6.45) is 0.684. The molecule has 1 heterocycles. The fourth-order valence-electron chi connectivity index (χ4n) is 2.29. The molecule has 0 fully saturated rings. The summed E-state index contributed by atoms with van der Waals surface area (Å²) in [6.45, 7) is 3.91. The zero-order valence-electron chi connectivity index (χ0n) is 12.0. The lowest BCUT2D eigenvalue weighted by Crippen LogP contribution is -2.27. The Morgan fingerprint density at radius 1 is 1.24 bits per heavy atom. The molecule has 114 valence electrons. The number of hydrazine groups is 1. The van der Waals surface area contributed by atoms with Crippen LogP contribution in [0.2, 0.25) is 0 Å². The van der Waals surface area contributed by atoms with Gasteiger partial charge < -0.3 is 5.43 Å². The predicted molar refractivity (Wildman–Crippen MR) is 86.9 cm³/mol. The minimum Gasteiger partial charge on any atom is -0.324 e. The molecule has 2 aromatic rings. The molecular formula is C14H19N3O2S2. The van der Waals surface area contributed by atoms with Gasteiger partial charge in [-0.3, -0.25) is 5.84 Å². The zero-order chi connectivity index (χ0) is 15.5. The van der Waals surface area contributed by atoms with Crippen LogP contribution in [0.1, 0.15) is 16.7 Å². The van der Waals surface area contributed by atoms with Gasteiger partial charge in [-0.1, -0.05) is 0 Å². The maximum absolute atomic E-state index is 12.4. The van der Waals surface area contributed by atoms with E-state index < -0.39 is 10.0 Å². The van der Waals surface area contributed by atoms with Gasteiger partial charge in [0, 0.05) is 12.2 Å². The lowest BCUT2D eigenvalue weighted by molar-refractivity contribution is 0.580. The van der Waals surface area contributed by atoms with E-state index in [2.05, 4.69) is 10.1 Å². The SMILES string of the molecule is Cc1cc(NN)cc(C)c1S(=O)(=O)NCCc1ccsc1. The predicted octanol–water partition coefficient (Wildman–Crippen LogP) is 2.17. The summed E-state index contributed by atoms with van der Waals surface area (Å²) in [5, 5.41) is 4.00. The van der Waals surface area contributed by atoms with E-state index in [9.17, 15) is 8.42 Å². The minimum absolute atomic E-state index is 0.326. The van der Waals surface area contributed by atoms with Crippen LogP contribution in [-0.4, -0.2) is 15.0 Å². The summed E-state index contributed by atoms with van der Waals surface area (Å²) in [5.74, 6) is 5.37. The number of nitrogens with two attached hydrogens (primary N) is 1. The van der Waals surface area contributed by atoms with Gasteiger partial charge >= 0.3 is 0 Å². The first kappa shape index (κ1) is 16.0. The molecule has 0 saturated heterocycles. The number of nitrogen functional groups attached to an aromatic ring is 1. The van der Waals surface area contributed by atoms with Gasteiger partial charge in [0.05, 0.1) is 4.90 Å². The molecule has 5 nitrogen and oxygen atoms in total. The second kappa shape index (κ2) is 6.57. The average Bonchev–Trinajstić information content (AvgIpc) is 2.90. The summed E-state index contributed by atoms with van der Waals surface area (Å²) >= 11 is 1.61. The molecule has 0 aliphatic carbocycles. The number of hydrogen-bond acceptors (Lipinski definition) is 5. The lowest BCUT2D eigenvalue weighted by atomic mass is 10.1. The van der Waals surface area contributed by atoms with E-state index in [0.29, 0.717) is 34.7 Å². The maximum atomic E-state index is 12.4. The number of benzene rings is 1. The Morgan fingerprint density at radius 3 is 2.43 bits per heavy atom. The first-order valence-corrected chi connectivity index (χ1v) is 8.95. The van der Waals surface area contributed by atoms with Crippen LogP contribution in [0.3, 0.4) is 0 Å². The Balaban J connectivity index is 2.15. The van der Waals surface area contributed by atoms with Crippen LogP contribution < -0.4 is 16.0 Å². The van der Waals surface area contributed by atoms with Crippen LogP contribution in [0, 0.1) is 13.8 Å². The molecule has 0 aliphatic heterocycles. The maximum Gasteiger partial charge on any atom is 0.241 e. The smallest absolute Gasteiger partial charge is 0.241 e. The number of thiophene rings is 1. The van der Waals surface area contributed by atoms with Crippen molar-refractivity contribution in [3.05, 3.63) is 45.6 Å². The van der Waals surface area contributed by atoms with Crippen molar-refractivity contribution in [1.29, 1.82) is 0 Å². The third-order valence-electron chi connectivity index (χ3n) is 3.18. The fourth-order valence-corrected chi connectivity index (χ4v) is 4.48. The zero-order valence-corrected chi connectivity index (χ0v) is 13.6. The third kappa shape index (κ3) is 3.82. The normalized spacial score (nSPS) is 11.6. The van der Waals surface area contributed by atoms with Crippen molar-refractivity contribution in [3.63, 3.8) is 0 Å². The minimum atomic E-state index is -3.52. The van der Waals surface area contributed by atoms with Crippen LogP contribution in [0.15, 0.2) is 33.9 Å². The van der Waals surface area contributed by atoms with E-state index in [-0.39, 0.29) is 0 Å². The molecule has 0 aliphatic rings. The van der Waals surface area contributed by atoms with Gasteiger partial charge in [0.1, 0.15) is 0 Å². The Hall–Kier alpha value is -1.41. The van der Waals surface area contributed by atoms with Gasteiger partial charge in [0.15, 0.2) is 0 Å². The van der Waals surface area contributed by atoms with E-state index in [1.807, 2.05) is 16.8 Å². The van der Waals surface area contributed by atoms with Gasteiger partial charge in [0.2, 0.25) is 10.0 Å². The fraction of sp³-hybridized carbons (Fsp3) is 0.286. The van der Waals surface area contributed by atoms with E-state index in [1.54, 1.807) is 37.3 Å². The van der Waals surface area contributed by atoms with Crippen LogP contribution in [-0.2, 0) is 16.4 Å². The van der Waals surface area contributed by atoms with Gasteiger partial charge in [0.25, 0.3) is 0 Å². The van der Waals surface area contributed by atoms with Crippen LogP contribution in [0.4, 0.5) is 5.69 Å². The van der Waals surface area contributed by atoms with Crippen molar-refractivity contribution in [2.45, 2.75) is 25.2 Å². The molecule has 0 radical (unpaired) electrons. The molecule has 0 amide bonds. The van der Waals surface area contributed by atoms with Crippen LogP contribution in [0.25, 0.3) is 0 Å². The molecule has 2 rings (SSSR count). The molecule has 1 aromatic carbocycles. The first-order chi connectivity index (χ1) is 9.94. The molecule has 0 unspecified atom stereocenters. The molecule has 0 atom stereocenters.